The van der Waals surface area contributed by atoms with Crippen molar-refractivity contribution in [3.05, 3.63) is 62.9 Å². The van der Waals surface area contributed by atoms with Crippen LogP contribution in [0.2, 0.25) is 0 Å². The highest BCUT2D eigenvalue weighted by Gasteiger charge is 2.45. The van der Waals surface area contributed by atoms with Crippen molar-refractivity contribution in [1.82, 2.24) is 9.55 Å². The monoisotopic (exact) mass is 446 g/mol. The molecule has 0 saturated carbocycles. The van der Waals surface area contributed by atoms with Gasteiger partial charge in [-0.1, -0.05) is 38.5 Å². The second-order valence-corrected chi connectivity index (χ2v) is 8.65. The largest absolute Gasteiger partial charge is 0.458 e. The lowest BCUT2D eigenvalue weighted by Crippen LogP contribution is -2.44. The van der Waals surface area contributed by atoms with E-state index in [-0.39, 0.29) is 24.8 Å². The van der Waals surface area contributed by atoms with Crippen LogP contribution in [0.3, 0.4) is 0 Å². The summed E-state index contributed by atoms with van der Waals surface area (Å²) < 4.78 is 6.76. The van der Waals surface area contributed by atoms with Crippen molar-refractivity contribution in [2.24, 2.45) is 10.7 Å². The highest BCUT2D eigenvalue weighted by Crippen LogP contribution is 2.38. The molecule has 8 nitrogen and oxygen atoms in total. The predicted molar refractivity (Wildman–Crippen MR) is 125 cm³/mol. The fourth-order valence-electron chi connectivity index (χ4n) is 4.68. The third kappa shape index (κ3) is 3.29. The Balaban J connectivity index is 1.68. The predicted octanol–water partition coefficient (Wildman–Crippen LogP) is 2.58. The molecule has 8 heteroatoms. The van der Waals surface area contributed by atoms with Crippen molar-refractivity contribution in [2.75, 3.05) is 0 Å². The average molecular weight is 447 g/mol. The molecule has 0 amide bonds. The van der Waals surface area contributed by atoms with Crippen LogP contribution in [-0.2, 0) is 28.3 Å². The molecule has 0 spiro atoms. The molecule has 1 unspecified atom stereocenters. The number of carbonyl (C=O) groups excluding carboxylic acids is 1. The summed E-state index contributed by atoms with van der Waals surface area (Å²) in [5.41, 5.74) is 8.33. The first kappa shape index (κ1) is 21.5. The normalized spacial score (nSPS) is 19.9. The lowest BCUT2D eigenvalue weighted by Gasteiger charge is -2.31. The van der Waals surface area contributed by atoms with E-state index in [0.717, 1.165) is 34.9 Å². The molecule has 2 aliphatic heterocycles. The van der Waals surface area contributed by atoms with Crippen LogP contribution in [0.1, 0.15) is 55.4 Å². The fraction of sp³-hybridized carbons (Fsp3) is 0.360. The van der Waals surface area contributed by atoms with E-state index >= 15 is 0 Å². The number of para-hydroxylation sites is 1. The molecule has 0 radical (unpaired) electrons. The van der Waals surface area contributed by atoms with Gasteiger partial charge in [-0.3, -0.25) is 9.79 Å². The number of aromatic nitrogens is 2. The van der Waals surface area contributed by atoms with Gasteiger partial charge in [0.25, 0.3) is 5.56 Å². The van der Waals surface area contributed by atoms with Gasteiger partial charge in [-0.25, -0.2) is 9.78 Å². The number of benzene rings is 1. The summed E-state index contributed by atoms with van der Waals surface area (Å²) >= 11 is 0. The Morgan fingerprint density at radius 2 is 2.15 bits per heavy atom. The standard InChI is InChI=1S/C25H26N4O4/c1-3-6-20(26)27-11-15-8-5-7-14-9-16-12-29-19(22(16)28-21(14)15)10-18-17(23(29)30)13-33-24(31)25(18,32)4-2/h5,7-11,20,32H,3-4,6,12-13,26H2,1-2H3/b27-11+/t20?,25-/m0/s1. The van der Waals surface area contributed by atoms with Gasteiger partial charge in [0.15, 0.2) is 5.60 Å². The van der Waals surface area contributed by atoms with Crippen LogP contribution in [0.25, 0.3) is 22.3 Å². The SMILES string of the molecule is CCCC(N)/N=C/c1cccc2cc3c(nc12)-c1cc2c(c(=O)n1C3)COC(=O)[C@]2(O)CC. The summed E-state index contributed by atoms with van der Waals surface area (Å²) in [6.07, 6.45) is 3.35. The van der Waals surface area contributed by atoms with Gasteiger partial charge in [0.05, 0.1) is 35.2 Å². The molecule has 0 aliphatic carbocycles. The number of aliphatic hydroxyl groups is 1. The van der Waals surface area contributed by atoms with E-state index in [1.165, 1.54) is 0 Å². The molecule has 0 bridgehead atoms. The molecule has 0 fully saturated rings. The van der Waals surface area contributed by atoms with Gasteiger partial charge >= 0.3 is 5.97 Å². The molecule has 33 heavy (non-hydrogen) atoms. The maximum atomic E-state index is 13.3. The van der Waals surface area contributed by atoms with Crippen LogP contribution in [0.4, 0.5) is 0 Å². The highest BCUT2D eigenvalue weighted by molar-refractivity contribution is 5.99. The van der Waals surface area contributed by atoms with E-state index in [1.54, 1.807) is 23.8 Å². The number of fused-ring (bicyclic) bond motifs is 5. The van der Waals surface area contributed by atoms with Crippen molar-refractivity contribution < 1.29 is 14.6 Å². The molecular weight excluding hydrogens is 420 g/mol. The molecule has 170 valence electrons. The van der Waals surface area contributed by atoms with Gasteiger partial charge < -0.3 is 20.1 Å². The van der Waals surface area contributed by atoms with Crippen molar-refractivity contribution in [3.63, 3.8) is 0 Å². The van der Waals surface area contributed by atoms with E-state index < -0.39 is 11.6 Å². The number of pyridine rings is 2. The zero-order valence-corrected chi connectivity index (χ0v) is 18.7. The Kier molecular flexibility index (Phi) is 5.14. The van der Waals surface area contributed by atoms with Gasteiger partial charge in [0.1, 0.15) is 6.61 Å². The first-order chi connectivity index (χ1) is 15.9. The molecule has 0 saturated heterocycles. The molecule has 4 heterocycles. The minimum absolute atomic E-state index is 0.109. The number of ether oxygens (including phenoxy) is 1. The van der Waals surface area contributed by atoms with E-state index in [4.69, 9.17) is 15.5 Å². The van der Waals surface area contributed by atoms with E-state index in [0.29, 0.717) is 29.1 Å². The van der Waals surface area contributed by atoms with Gasteiger partial charge in [-0.15, -0.1) is 0 Å². The number of hydrogen-bond acceptors (Lipinski definition) is 7. The molecule has 3 aromatic rings. The van der Waals surface area contributed by atoms with Crippen LogP contribution >= 0.6 is 0 Å². The third-order valence-corrected chi connectivity index (χ3v) is 6.56. The summed E-state index contributed by atoms with van der Waals surface area (Å²) in [7, 11) is 0. The zero-order chi connectivity index (χ0) is 23.3. The van der Waals surface area contributed by atoms with Crippen molar-refractivity contribution in [2.45, 2.75) is 58.0 Å². The summed E-state index contributed by atoms with van der Waals surface area (Å²) in [6, 6.07) is 9.61. The van der Waals surface area contributed by atoms with Crippen LogP contribution in [0.5, 0.6) is 0 Å². The van der Waals surface area contributed by atoms with E-state index in [9.17, 15) is 14.7 Å². The molecule has 1 aromatic carbocycles. The van der Waals surface area contributed by atoms with Gasteiger partial charge in [-0.2, -0.15) is 0 Å². The second-order valence-electron chi connectivity index (χ2n) is 8.65. The smallest absolute Gasteiger partial charge is 0.343 e. The minimum atomic E-state index is -1.84. The lowest BCUT2D eigenvalue weighted by molar-refractivity contribution is -0.172. The molecule has 3 N–H and O–H groups in total. The third-order valence-electron chi connectivity index (χ3n) is 6.56. The minimum Gasteiger partial charge on any atom is -0.458 e. The Hall–Kier alpha value is -3.36. The zero-order valence-electron chi connectivity index (χ0n) is 18.7. The molecule has 2 aromatic heterocycles. The number of nitrogens with zero attached hydrogens (tertiary/aromatic N) is 3. The first-order valence-electron chi connectivity index (χ1n) is 11.3. The second kappa shape index (κ2) is 7.90. The molecule has 5 rings (SSSR count). The molecule has 2 atom stereocenters. The number of aliphatic imine (C=N–C) groups is 1. The summed E-state index contributed by atoms with van der Waals surface area (Å²) in [6.45, 7) is 3.99. The summed E-state index contributed by atoms with van der Waals surface area (Å²) in [5, 5.41) is 12.0. The Morgan fingerprint density at radius 3 is 2.91 bits per heavy atom. The maximum Gasteiger partial charge on any atom is 0.343 e. The molecular formula is C25H26N4O4. The number of hydrogen-bond donors (Lipinski definition) is 2. The van der Waals surface area contributed by atoms with E-state index in [2.05, 4.69) is 11.9 Å². The van der Waals surface area contributed by atoms with Crippen molar-refractivity contribution in [1.29, 1.82) is 0 Å². The van der Waals surface area contributed by atoms with Crippen molar-refractivity contribution in [3.8, 4) is 11.4 Å². The Bertz CT molecular complexity index is 1380. The number of rotatable bonds is 5. The fourth-order valence-corrected chi connectivity index (χ4v) is 4.68. The Labute approximate surface area is 190 Å². The number of carbonyl (C=O) groups is 1. The summed E-state index contributed by atoms with van der Waals surface area (Å²) in [5.74, 6) is -0.728. The van der Waals surface area contributed by atoms with E-state index in [1.807, 2.05) is 24.3 Å². The van der Waals surface area contributed by atoms with Crippen LogP contribution < -0.4 is 11.3 Å². The average Bonchev–Trinajstić information content (AvgIpc) is 3.17. The number of cyclic esters (lactones) is 1. The number of nitrogens with two attached hydrogens (primary N) is 1. The van der Waals surface area contributed by atoms with Gasteiger partial charge in [-0.05, 0) is 25.0 Å². The van der Waals surface area contributed by atoms with Gasteiger partial charge in [0, 0.05) is 28.3 Å². The molecule has 2 aliphatic rings. The van der Waals surface area contributed by atoms with Gasteiger partial charge in [0.2, 0.25) is 0 Å². The lowest BCUT2D eigenvalue weighted by atomic mass is 9.86. The Morgan fingerprint density at radius 1 is 1.33 bits per heavy atom. The first-order valence-corrected chi connectivity index (χ1v) is 11.3. The van der Waals surface area contributed by atoms with Crippen LogP contribution in [0, 0.1) is 0 Å². The maximum absolute atomic E-state index is 13.3. The quantitative estimate of drug-likeness (QED) is 0.359. The van der Waals surface area contributed by atoms with Crippen molar-refractivity contribution >= 4 is 23.1 Å². The highest BCUT2D eigenvalue weighted by atomic mass is 16.6. The topological polar surface area (TPSA) is 120 Å². The summed E-state index contributed by atoms with van der Waals surface area (Å²) in [4.78, 5) is 35.0. The van der Waals surface area contributed by atoms with Crippen LogP contribution in [0.15, 0.2) is 40.1 Å². The number of esters is 1. The van der Waals surface area contributed by atoms with Crippen LogP contribution in [-0.4, -0.2) is 33.0 Å².